The molecule has 13 heteroatoms. The summed E-state index contributed by atoms with van der Waals surface area (Å²) in [6, 6.07) is 0. The standard InChI is InChI=1S/C33H52O11S2/c1-20(2)13-27(34)31(45(36,37)38)43-19-33(3)16-21-9-11-25(23(14-21)17-33)30-22-10-12-26(30)29(15-22)42-18-28(35)32(46(39,40)41)44-24-7-5-4-6-8-24/h17,20-22,24-26,29-32H,4-16,18-19H2,1-3H3,(H,36,37,38)(H,39,40,41). The average Bonchev–Trinajstić information content (AvgIpc) is 3.51. The first kappa shape index (κ1) is 36.1. The first-order valence-corrected chi connectivity index (χ1v) is 20.1. The van der Waals surface area contributed by atoms with Gasteiger partial charge in [0.1, 0.15) is 6.61 Å². The summed E-state index contributed by atoms with van der Waals surface area (Å²) in [6.45, 7) is 5.22. The van der Waals surface area contributed by atoms with Crippen molar-refractivity contribution in [2.24, 2.45) is 40.9 Å². The van der Waals surface area contributed by atoms with E-state index in [4.69, 9.17) is 14.2 Å². The molecule has 4 fully saturated rings. The number of ether oxygens (including phenoxy) is 3. The minimum absolute atomic E-state index is 0.00371. The molecule has 5 aliphatic rings. The zero-order valence-corrected chi connectivity index (χ0v) is 29.0. The lowest BCUT2D eigenvalue weighted by atomic mass is 9.61. The van der Waals surface area contributed by atoms with Gasteiger partial charge in [-0.25, -0.2) is 0 Å². The lowest BCUT2D eigenvalue weighted by Crippen LogP contribution is -2.40. The molecule has 4 bridgehead atoms. The van der Waals surface area contributed by atoms with Gasteiger partial charge in [-0.05, 0) is 93.3 Å². The van der Waals surface area contributed by atoms with Crippen LogP contribution in [0.5, 0.6) is 0 Å². The summed E-state index contributed by atoms with van der Waals surface area (Å²) in [5.41, 5.74) is -2.96. The summed E-state index contributed by atoms with van der Waals surface area (Å²) in [5.74, 6) is 0.274. The molecule has 0 heterocycles. The van der Waals surface area contributed by atoms with Crippen LogP contribution in [0.25, 0.3) is 0 Å². The third-order valence-corrected chi connectivity index (χ3v) is 13.0. The highest BCUT2D eigenvalue weighted by Gasteiger charge is 2.54. The molecule has 46 heavy (non-hydrogen) atoms. The van der Waals surface area contributed by atoms with E-state index >= 15 is 0 Å². The molecule has 9 unspecified atom stereocenters. The zero-order valence-electron chi connectivity index (χ0n) is 27.3. The monoisotopic (exact) mass is 688 g/mol. The molecule has 0 aromatic rings. The number of carbonyl (C=O) groups is 2. The van der Waals surface area contributed by atoms with Crippen molar-refractivity contribution in [2.75, 3.05) is 13.2 Å². The predicted molar refractivity (Wildman–Crippen MR) is 170 cm³/mol. The highest BCUT2D eigenvalue weighted by Crippen LogP contribution is 2.59. The van der Waals surface area contributed by atoms with Crippen LogP contribution >= 0.6 is 0 Å². The van der Waals surface area contributed by atoms with Crippen molar-refractivity contribution in [3.63, 3.8) is 0 Å². The number of fused-ring (bicyclic) bond motifs is 4. The molecule has 5 rings (SSSR count). The summed E-state index contributed by atoms with van der Waals surface area (Å²) in [5, 5.41) is 0. The smallest absolute Gasteiger partial charge is 0.299 e. The third-order valence-electron chi connectivity index (χ3n) is 11.1. The lowest BCUT2D eigenvalue weighted by molar-refractivity contribution is -0.137. The van der Waals surface area contributed by atoms with Gasteiger partial charge in [0.2, 0.25) is 16.7 Å². The summed E-state index contributed by atoms with van der Waals surface area (Å²) < 4.78 is 85.2. The van der Waals surface area contributed by atoms with Gasteiger partial charge in [-0.3, -0.25) is 18.7 Å². The first-order valence-electron chi connectivity index (χ1n) is 17.1. The van der Waals surface area contributed by atoms with Crippen molar-refractivity contribution < 1.29 is 49.7 Å². The van der Waals surface area contributed by atoms with Crippen molar-refractivity contribution in [2.45, 2.75) is 127 Å². The number of hydrogen-bond acceptors (Lipinski definition) is 9. The van der Waals surface area contributed by atoms with Crippen LogP contribution in [0.1, 0.15) is 104 Å². The Hall–Kier alpha value is -1.22. The number of Topliss-reactive ketones (excluding diaryl/α,β-unsaturated/α-hetero) is 2. The van der Waals surface area contributed by atoms with E-state index in [9.17, 15) is 35.5 Å². The lowest BCUT2D eigenvalue weighted by Gasteiger charge is -2.45. The Kier molecular flexibility index (Phi) is 11.2. The predicted octanol–water partition coefficient (Wildman–Crippen LogP) is 5.15. The van der Waals surface area contributed by atoms with Gasteiger partial charge < -0.3 is 14.2 Å². The molecule has 262 valence electrons. The maximum Gasteiger partial charge on any atom is 0.299 e. The van der Waals surface area contributed by atoms with Crippen LogP contribution in [0.2, 0.25) is 0 Å². The minimum atomic E-state index is -4.73. The molecule has 0 amide bonds. The Balaban J connectivity index is 1.23. The van der Waals surface area contributed by atoms with E-state index in [-0.39, 0.29) is 37.1 Å². The number of rotatable bonds is 15. The van der Waals surface area contributed by atoms with Gasteiger partial charge in [-0.1, -0.05) is 51.7 Å². The van der Waals surface area contributed by atoms with E-state index in [2.05, 4.69) is 6.08 Å². The fraction of sp³-hybridized carbons (Fsp3) is 0.879. The van der Waals surface area contributed by atoms with Gasteiger partial charge in [-0.15, -0.1) is 0 Å². The molecule has 0 aromatic carbocycles. The quantitative estimate of drug-likeness (QED) is 0.172. The second-order valence-corrected chi connectivity index (χ2v) is 18.3. The molecular formula is C33H52O11S2. The largest absolute Gasteiger partial charge is 0.370 e. The maximum absolute atomic E-state index is 13.0. The summed E-state index contributed by atoms with van der Waals surface area (Å²) in [4.78, 5) is 25.6. The van der Waals surface area contributed by atoms with E-state index in [1.807, 2.05) is 6.92 Å². The van der Waals surface area contributed by atoms with Gasteiger partial charge in [0.05, 0.1) is 18.8 Å². The number of ketones is 2. The van der Waals surface area contributed by atoms with Crippen LogP contribution in [-0.4, -0.2) is 73.8 Å². The van der Waals surface area contributed by atoms with Gasteiger partial charge in [0, 0.05) is 11.8 Å². The Labute approximate surface area is 274 Å². The molecule has 0 spiro atoms. The first-order chi connectivity index (χ1) is 21.5. The molecule has 0 saturated heterocycles. The molecule has 0 radical (unpaired) electrons. The topological polar surface area (TPSA) is 171 Å². The van der Waals surface area contributed by atoms with Crippen LogP contribution < -0.4 is 0 Å². The van der Waals surface area contributed by atoms with Crippen molar-refractivity contribution in [1.29, 1.82) is 0 Å². The number of hydrogen-bond donors (Lipinski definition) is 2. The van der Waals surface area contributed by atoms with E-state index in [1.54, 1.807) is 13.8 Å². The maximum atomic E-state index is 13.0. The third kappa shape index (κ3) is 8.49. The van der Waals surface area contributed by atoms with E-state index in [0.717, 1.165) is 64.2 Å². The molecule has 4 saturated carbocycles. The second kappa shape index (κ2) is 14.3. The van der Waals surface area contributed by atoms with Gasteiger partial charge in [0.25, 0.3) is 20.2 Å². The Morgan fingerprint density at radius 2 is 1.63 bits per heavy atom. The van der Waals surface area contributed by atoms with E-state index in [0.29, 0.717) is 36.5 Å². The summed E-state index contributed by atoms with van der Waals surface area (Å²) >= 11 is 0. The fourth-order valence-corrected chi connectivity index (χ4v) is 10.8. The second-order valence-electron chi connectivity index (χ2n) is 15.4. The SMILES string of the molecule is CC(C)CC(=O)C(OCC1(C)C=C2CC(CCC2C2C3CCC2C(OCC(=O)C(OC2CCCCC2)S(=O)(=O)O)C3)C1)S(=O)(=O)O. The molecule has 9 atom stereocenters. The van der Waals surface area contributed by atoms with Crippen molar-refractivity contribution >= 4 is 31.8 Å². The molecule has 0 aromatic heterocycles. The molecule has 2 N–H and O–H groups in total. The summed E-state index contributed by atoms with van der Waals surface area (Å²) in [6.07, 6.45) is 12.5. The fourth-order valence-electron chi connectivity index (χ4n) is 9.43. The van der Waals surface area contributed by atoms with Crippen molar-refractivity contribution in [1.82, 2.24) is 0 Å². The van der Waals surface area contributed by atoms with Gasteiger partial charge in [-0.2, -0.15) is 16.8 Å². The molecule has 0 aliphatic heterocycles. The van der Waals surface area contributed by atoms with Gasteiger partial charge in [0.15, 0.2) is 5.78 Å². The zero-order chi connectivity index (χ0) is 33.4. The highest BCUT2D eigenvalue weighted by atomic mass is 32.2. The molecular weight excluding hydrogens is 636 g/mol. The van der Waals surface area contributed by atoms with Crippen molar-refractivity contribution in [3.8, 4) is 0 Å². The number of allylic oxidation sites excluding steroid dienone is 1. The molecule has 11 nitrogen and oxygen atoms in total. The average molecular weight is 689 g/mol. The number of carbonyl (C=O) groups excluding carboxylic acids is 2. The van der Waals surface area contributed by atoms with Crippen molar-refractivity contribution in [3.05, 3.63) is 11.6 Å². The van der Waals surface area contributed by atoms with Crippen LogP contribution in [0.15, 0.2) is 11.6 Å². The van der Waals surface area contributed by atoms with Gasteiger partial charge >= 0.3 is 0 Å². The minimum Gasteiger partial charge on any atom is -0.370 e. The van der Waals surface area contributed by atoms with Crippen LogP contribution in [0, 0.1) is 40.9 Å². The van der Waals surface area contributed by atoms with Crippen LogP contribution in [0.3, 0.4) is 0 Å². The Bertz CT molecular complexity index is 1370. The van der Waals surface area contributed by atoms with Crippen LogP contribution in [0.4, 0.5) is 0 Å². The molecule has 5 aliphatic carbocycles. The van der Waals surface area contributed by atoms with E-state index < -0.39 is 54.7 Å². The van der Waals surface area contributed by atoms with Crippen LogP contribution in [-0.2, 0) is 44.0 Å². The highest BCUT2D eigenvalue weighted by molar-refractivity contribution is 7.87. The Morgan fingerprint density at radius 3 is 2.28 bits per heavy atom. The normalized spacial score (nSPS) is 34.8. The Morgan fingerprint density at radius 1 is 0.935 bits per heavy atom. The van der Waals surface area contributed by atoms with E-state index in [1.165, 1.54) is 5.57 Å². The summed E-state index contributed by atoms with van der Waals surface area (Å²) in [7, 11) is -9.44.